The molecule has 1 aromatic heterocycles. The maximum atomic E-state index is 2.30. The Bertz CT molecular complexity index is 249. The van der Waals surface area contributed by atoms with E-state index in [9.17, 15) is 0 Å². The van der Waals surface area contributed by atoms with Gasteiger partial charge in [-0.3, -0.25) is 0 Å². The summed E-state index contributed by atoms with van der Waals surface area (Å²) in [6, 6.07) is 2.30. The summed E-state index contributed by atoms with van der Waals surface area (Å²) in [6.07, 6.45) is 2.89. The van der Waals surface area contributed by atoms with E-state index >= 15 is 0 Å². The molecule has 0 N–H and O–H groups in total. The monoisotopic (exact) mass is 136 g/mol. The van der Waals surface area contributed by atoms with E-state index in [1.54, 1.807) is 10.4 Å². The lowest BCUT2D eigenvalue weighted by atomic mass is 10.2. The van der Waals surface area contributed by atoms with Crippen LogP contribution in [0.4, 0.5) is 0 Å². The van der Waals surface area contributed by atoms with E-state index in [1.807, 2.05) is 11.3 Å². The molecule has 1 saturated carbocycles. The molecule has 0 saturated heterocycles. The average molecular weight is 136 g/mol. The second kappa shape index (κ2) is 1.24. The predicted octanol–water partition coefficient (Wildman–Crippen LogP) is 2.41. The van der Waals surface area contributed by atoms with Gasteiger partial charge < -0.3 is 0 Å². The smallest absolute Gasteiger partial charge is 0.0111 e. The van der Waals surface area contributed by atoms with E-state index in [4.69, 9.17) is 0 Å². The molecule has 1 fully saturated rings. The van der Waals surface area contributed by atoms with Crippen LogP contribution in [0.25, 0.3) is 0 Å². The maximum Gasteiger partial charge on any atom is 0.0111 e. The minimum atomic E-state index is 1.01. The van der Waals surface area contributed by atoms with Crippen LogP contribution >= 0.6 is 11.3 Å². The fraction of sp³-hybridized carbons (Fsp3) is 0.500. The molecule has 0 bridgehead atoms. The molecule has 2 unspecified atom stereocenters. The first-order chi connectivity index (χ1) is 4.45. The molecule has 0 nitrogen and oxygen atoms in total. The van der Waals surface area contributed by atoms with Crippen LogP contribution in [0.1, 0.15) is 22.8 Å². The molecule has 9 heavy (non-hydrogen) atoms. The average Bonchev–Trinajstić information content (AvgIpc) is 2.38. The van der Waals surface area contributed by atoms with Gasteiger partial charge in [0, 0.05) is 4.88 Å². The van der Waals surface area contributed by atoms with Crippen LogP contribution in [0.15, 0.2) is 11.4 Å². The Kier molecular flexibility index (Phi) is 0.620. The zero-order valence-electron chi connectivity index (χ0n) is 5.13. The SMILES string of the molecule is c1cc2c(s1)C1CC1C2. The highest BCUT2D eigenvalue weighted by Crippen LogP contribution is 2.57. The molecule has 0 amide bonds. The van der Waals surface area contributed by atoms with Gasteiger partial charge in [0.15, 0.2) is 0 Å². The van der Waals surface area contributed by atoms with Crippen LogP contribution in [0, 0.1) is 5.92 Å². The van der Waals surface area contributed by atoms with Gasteiger partial charge in [0.25, 0.3) is 0 Å². The van der Waals surface area contributed by atoms with Crippen LogP contribution in [0.2, 0.25) is 0 Å². The van der Waals surface area contributed by atoms with Crippen molar-refractivity contribution in [2.75, 3.05) is 0 Å². The van der Waals surface area contributed by atoms with Gasteiger partial charge in [-0.2, -0.15) is 0 Å². The van der Waals surface area contributed by atoms with Gasteiger partial charge in [0.2, 0.25) is 0 Å². The van der Waals surface area contributed by atoms with Crippen molar-refractivity contribution >= 4 is 11.3 Å². The van der Waals surface area contributed by atoms with Crippen molar-refractivity contribution in [3.63, 3.8) is 0 Å². The molecule has 2 aliphatic rings. The lowest BCUT2D eigenvalue weighted by molar-refractivity contribution is 0.857. The Morgan fingerprint density at radius 2 is 2.56 bits per heavy atom. The summed E-state index contributed by atoms with van der Waals surface area (Å²) >= 11 is 1.96. The van der Waals surface area contributed by atoms with Gasteiger partial charge in [0.05, 0.1) is 0 Å². The minimum Gasteiger partial charge on any atom is -0.148 e. The molecule has 46 valence electrons. The number of hydrogen-bond donors (Lipinski definition) is 0. The number of fused-ring (bicyclic) bond motifs is 3. The van der Waals surface area contributed by atoms with Gasteiger partial charge >= 0.3 is 0 Å². The van der Waals surface area contributed by atoms with E-state index in [1.165, 1.54) is 12.8 Å². The zero-order valence-corrected chi connectivity index (χ0v) is 5.95. The Morgan fingerprint density at radius 3 is 3.44 bits per heavy atom. The molecular formula is C8H8S. The standard InChI is InChI=1S/C8H8S/c1-2-9-8-5(1)3-6-4-7(6)8/h1-2,6-7H,3-4H2. The zero-order chi connectivity index (χ0) is 5.84. The Morgan fingerprint density at radius 1 is 1.56 bits per heavy atom. The highest BCUT2D eigenvalue weighted by atomic mass is 32.1. The third-order valence-electron chi connectivity index (χ3n) is 2.52. The van der Waals surface area contributed by atoms with E-state index in [0.717, 1.165) is 11.8 Å². The van der Waals surface area contributed by atoms with Crippen LogP contribution < -0.4 is 0 Å². The summed E-state index contributed by atoms with van der Waals surface area (Å²) in [6.45, 7) is 0. The molecule has 0 aromatic carbocycles. The van der Waals surface area contributed by atoms with Crippen molar-refractivity contribution in [1.29, 1.82) is 0 Å². The summed E-state index contributed by atoms with van der Waals surface area (Å²) in [7, 11) is 0. The molecule has 3 rings (SSSR count). The normalized spacial score (nSPS) is 36.0. The van der Waals surface area contributed by atoms with Gasteiger partial charge in [0.1, 0.15) is 0 Å². The van der Waals surface area contributed by atoms with Crippen molar-refractivity contribution in [2.45, 2.75) is 18.8 Å². The summed E-state index contributed by atoms with van der Waals surface area (Å²) in [5.41, 5.74) is 1.65. The Balaban J connectivity index is 2.25. The van der Waals surface area contributed by atoms with E-state index in [2.05, 4.69) is 11.4 Å². The van der Waals surface area contributed by atoms with E-state index in [0.29, 0.717) is 0 Å². The van der Waals surface area contributed by atoms with Gasteiger partial charge in [-0.05, 0) is 41.7 Å². The minimum absolute atomic E-state index is 1.01. The molecule has 2 aliphatic carbocycles. The molecule has 0 aliphatic heterocycles. The lowest BCUT2D eigenvalue weighted by Crippen LogP contribution is -1.76. The Hall–Kier alpha value is -0.300. The largest absolute Gasteiger partial charge is 0.148 e. The third kappa shape index (κ3) is 0.445. The highest BCUT2D eigenvalue weighted by molar-refractivity contribution is 7.10. The quantitative estimate of drug-likeness (QED) is 0.513. The van der Waals surface area contributed by atoms with Crippen LogP contribution in [0.3, 0.4) is 0 Å². The number of hydrogen-bond acceptors (Lipinski definition) is 1. The molecule has 1 heterocycles. The van der Waals surface area contributed by atoms with Crippen LogP contribution in [-0.2, 0) is 6.42 Å². The van der Waals surface area contributed by atoms with Gasteiger partial charge in [-0.15, -0.1) is 11.3 Å². The maximum absolute atomic E-state index is 2.30. The topological polar surface area (TPSA) is 0 Å². The van der Waals surface area contributed by atoms with Crippen molar-refractivity contribution in [1.82, 2.24) is 0 Å². The fourth-order valence-electron chi connectivity index (χ4n) is 1.92. The van der Waals surface area contributed by atoms with Crippen LogP contribution in [0.5, 0.6) is 0 Å². The summed E-state index contributed by atoms with van der Waals surface area (Å²) in [5, 5.41) is 2.24. The van der Waals surface area contributed by atoms with E-state index < -0.39 is 0 Å². The summed E-state index contributed by atoms with van der Waals surface area (Å²) < 4.78 is 0. The first-order valence-electron chi connectivity index (χ1n) is 3.51. The molecular weight excluding hydrogens is 128 g/mol. The molecule has 0 spiro atoms. The number of thiophene rings is 1. The lowest BCUT2D eigenvalue weighted by Gasteiger charge is -1.88. The predicted molar refractivity (Wildman–Crippen MR) is 38.9 cm³/mol. The van der Waals surface area contributed by atoms with Crippen LogP contribution in [-0.4, -0.2) is 0 Å². The summed E-state index contributed by atoms with van der Waals surface area (Å²) in [4.78, 5) is 1.71. The fourth-order valence-corrected chi connectivity index (χ4v) is 3.06. The third-order valence-corrected chi connectivity index (χ3v) is 3.61. The van der Waals surface area contributed by atoms with Crippen molar-refractivity contribution in [3.8, 4) is 0 Å². The first kappa shape index (κ1) is 4.51. The first-order valence-corrected chi connectivity index (χ1v) is 4.39. The highest BCUT2D eigenvalue weighted by Gasteiger charge is 2.45. The van der Waals surface area contributed by atoms with Crippen molar-refractivity contribution in [3.05, 3.63) is 21.9 Å². The van der Waals surface area contributed by atoms with Crippen molar-refractivity contribution < 1.29 is 0 Å². The van der Waals surface area contributed by atoms with Gasteiger partial charge in [-0.25, -0.2) is 0 Å². The number of rotatable bonds is 0. The van der Waals surface area contributed by atoms with Crippen molar-refractivity contribution in [2.24, 2.45) is 5.92 Å². The molecule has 1 aromatic rings. The second-order valence-corrected chi connectivity index (χ2v) is 4.06. The van der Waals surface area contributed by atoms with Gasteiger partial charge in [-0.1, -0.05) is 0 Å². The molecule has 1 heteroatoms. The van der Waals surface area contributed by atoms with E-state index in [-0.39, 0.29) is 0 Å². The molecule has 0 radical (unpaired) electrons. The second-order valence-electron chi connectivity index (χ2n) is 3.12. The Labute approximate surface area is 58.5 Å². The summed E-state index contributed by atoms with van der Waals surface area (Å²) in [5.74, 6) is 2.09. The molecule has 2 atom stereocenters.